The summed E-state index contributed by atoms with van der Waals surface area (Å²) in [6, 6.07) is 17.2. The fourth-order valence-electron chi connectivity index (χ4n) is 3.40. The van der Waals surface area contributed by atoms with Crippen molar-refractivity contribution in [2.24, 2.45) is 0 Å². The van der Waals surface area contributed by atoms with E-state index in [-0.39, 0.29) is 10.8 Å². The molecule has 7 heteroatoms. The molecule has 0 saturated carbocycles. The summed E-state index contributed by atoms with van der Waals surface area (Å²) in [5, 5.41) is 0. The number of hydrogen-bond donors (Lipinski definition) is 0. The molecule has 0 radical (unpaired) electrons. The average Bonchev–Trinajstić information content (AvgIpc) is 3.37. The van der Waals surface area contributed by atoms with Crippen molar-refractivity contribution in [3.8, 4) is 0 Å². The zero-order valence-electron chi connectivity index (χ0n) is 15.4. The highest BCUT2D eigenvalue weighted by molar-refractivity contribution is 7.92. The lowest BCUT2D eigenvalue weighted by Crippen LogP contribution is -2.30. The van der Waals surface area contributed by atoms with E-state index in [1.54, 1.807) is 37.6 Å². The monoisotopic (exact) mass is 396 g/mol. The van der Waals surface area contributed by atoms with E-state index in [9.17, 15) is 13.2 Å². The predicted octanol–water partition coefficient (Wildman–Crippen LogP) is 3.30. The molecule has 1 amide bonds. The van der Waals surface area contributed by atoms with E-state index in [2.05, 4.69) is 0 Å². The molecular formula is C21H20N2O4S. The Morgan fingerprint density at radius 3 is 2.71 bits per heavy atom. The van der Waals surface area contributed by atoms with Crippen LogP contribution in [-0.2, 0) is 23.0 Å². The van der Waals surface area contributed by atoms with Crippen molar-refractivity contribution < 1.29 is 17.6 Å². The zero-order valence-corrected chi connectivity index (χ0v) is 16.2. The van der Waals surface area contributed by atoms with Gasteiger partial charge < -0.3 is 9.32 Å². The van der Waals surface area contributed by atoms with Crippen LogP contribution in [0.3, 0.4) is 0 Å². The molecule has 0 unspecified atom stereocenters. The van der Waals surface area contributed by atoms with Crippen molar-refractivity contribution in [2.45, 2.75) is 17.9 Å². The molecule has 2 heterocycles. The van der Waals surface area contributed by atoms with Crippen molar-refractivity contribution in [3.05, 3.63) is 83.8 Å². The SMILES string of the molecule is CN(Cc1ccco1)C(=O)c1cccc(S(=O)(=O)N2CCc3ccccc32)c1. The van der Waals surface area contributed by atoms with E-state index in [1.807, 2.05) is 24.3 Å². The lowest BCUT2D eigenvalue weighted by atomic mass is 10.2. The molecule has 3 aromatic rings. The highest BCUT2D eigenvalue weighted by Gasteiger charge is 2.31. The number of sulfonamides is 1. The van der Waals surface area contributed by atoms with E-state index in [4.69, 9.17) is 4.42 Å². The van der Waals surface area contributed by atoms with Gasteiger partial charge in [-0.3, -0.25) is 9.10 Å². The molecule has 0 saturated heterocycles. The van der Waals surface area contributed by atoms with Crippen LogP contribution in [0, 0.1) is 0 Å². The van der Waals surface area contributed by atoms with Crippen LogP contribution in [0.1, 0.15) is 21.7 Å². The molecule has 0 N–H and O–H groups in total. The number of amides is 1. The van der Waals surface area contributed by atoms with Gasteiger partial charge in [0.25, 0.3) is 15.9 Å². The fourth-order valence-corrected chi connectivity index (χ4v) is 4.95. The molecule has 1 aliphatic rings. The lowest BCUT2D eigenvalue weighted by Gasteiger charge is -2.20. The van der Waals surface area contributed by atoms with Gasteiger partial charge in [0.05, 0.1) is 23.4 Å². The number of hydrogen-bond acceptors (Lipinski definition) is 4. The van der Waals surface area contributed by atoms with Gasteiger partial charge in [-0.05, 0) is 48.4 Å². The van der Waals surface area contributed by atoms with E-state index in [0.717, 1.165) is 5.56 Å². The third-order valence-corrected chi connectivity index (χ3v) is 6.64. The van der Waals surface area contributed by atoms with Crippen LogP contribution in [0.25, 0.3) is 0 Å². The first kappa shape index (κ1) is 18.3. The molecule has 4 rings (SSSR count). The first-order valence-corrected chi connectivity index (χ1v) is 10.4. The topological polar surface area (TPSA) is 70.8 Å². The number of fused-ring (bicyclic) bond motifs is 1. The number of rotatable bonds is 5. The Kier molecular flexibility index (Phi) is 4.68. The van der Waals surface area contributed by atoms with Gasteiger partial charge in [0, 0.05) is 19.2 Å². The maximum atomic E-state index is 13.2. The van der Waals surface area contributed by atoms with Gasteiger partial charge in [0.2, 0.25) is 0 Å². The number of carbonyl (C=O) groups is 1. The van der Waals surface area contributed by atoms with Gasteiger partial charge in [-0.1, -0.05) is 24.3 Å². The Hall–Kier alpha value is -3.06. The van der Waals surface area contributed by atoms with Crippen LogP contribution in [-0.4, -0.2) is 32.8 Å². The Morgan fingerprint density at radius 1 is 1.11 bits per heavy atom. The van der Waals surface area contributed by atoms with E-state index < -0.39 is 10.0 Å². The predicted molar refractivity (Wildman–Crippen MR) is 106 cm³/mol. The standard InChI is InChI=1S/C21H20N2O4S/c1-22(15-18-8-5-13-27-18)21(24)17-7-4-9-19(14-17)28(25,26)23-12-11-16-6-2-3-10-20(16)23/h2-10,13-14H,11-12,15H2,1H3. The molecule has 144 valence electrons. The molecule has 1 aromatic heterocycles. The van der Waals surface area contributed by atoms with Gasteiger partial charge in [-0.25, -0.2) is 8.42 Å². The Labute approximate surface area is 164 Å². The second-order valence-corrected chi connectivity index (χ2v) is 8.59. The maximum absolute atomic E-state index is 13.2. The summed E-state index contributed by atoms with van der Waals surface area (Å²) in [4.78, 5) is 14.4. The second-order valence-electron chi connectivity index (χ2n) is 6.72. The summed E-state index contributed by atoms with van der Waals surface area (Å²) in [5.41, 5.74) is 2.04. The Bertz CT molecular complexity index is 1110. The fraction of sp³-hybridized carbons (Fsp3) is 0.190. The zero-order chi connectivity index (χ0) is 19.7. The second kappa shape index (κ2) is 7.16. The molecule has 6 nitrogen and oxygen atoms in total. The smallest absolute Gasteiger partial charge is 0.264 e. The largest absolute Gasteiger partial charge is 0.467 e. The highest BCUT2D eigenvalue weighted by Crippen LogP contribution is 2.32. The summed E-state index contributed by atoms with van der Waals surface area (Å²) < 4.78 is 33.1. The lowest BCUT2D eigenvalue weighted by molar-refractivity contribution is 0.0775. The summed E-state index contributed by atoms with van der Waals surface area (Å²) in [7, 11) is -2.08. The third-order valence-electron chi connectivity index (χ3n) is 4.83. The molecule has 0 fully saturated rings. The summed E-state index contributed by atoms with van der Waals surface area (Å²) in [6.07, 6.45) is 2.23. The molecule has 0 atom stereocenters. The van der Waals surface area contributed by atoms with Gasteiger partial charge >= 0.3 is 0 Å². The molecule has 0 spiro atoms. The number of carbonyl (C=O) groups excluding carboxylic acids is 1. The van der Waals surface area contributed by atoms with E-state index in [0.29, 0.717) is 36.5 Å². The van der Waals surface area contributed by atoms with Crippen LogP contribution >= 0.6 is 0 Å². The van der Waals surface area contributed by atoms with E-state index >= 15 is 0 Å². The van der Waals surface area contributed by atoms with Crippen molar-refractivity contribution >= 4 is 21.6 Å². The van der Waals surface area contributed by atoms with Crippen LogP contribution in [0.15, 0.2) is 76.2 Å². The van der Waals surface area contributed by atoms with Crippen LogP contribution in [0.4, 0.5) is 5.69 Å². The minimum absolute atomic E-state index is 0.112. The first-order valence-electron chi connectivity index (χ1n) is 8.95. The number of furan rings is 1. The summed E-state index contributed by atoms with van der Waals surface area (Å²) >= 11 is 0. The number of anilines is 1. The van der Waals surface area contributed by atoms with Crippen molar-refractivity contribution in [2.75, 3.05) is 17.9 Å². The van der Waals surface area contributed by atoms with Crippen LogP contribution in [0.5, 0.6) is 0 Å². The van der Waals surface area contributed by atoms with Crippen molar-refractivity contribution in [1.82, 2.24) is 4.90 Å². The normalized spacial score (nSPS) is 13.4. The summed E-state index contributed by atoms with van der Waals surface area (Å²) in [6.45, 7) is 0.709. The maximum Gasteiger partial charge on any atom is 0.264 e. The first-order chi connectivity index (χ1) is 13.5. The molecule has 0 bridgehead atoms. The van der Waals surface area contributed by atoms with Gasteiger partial charge in [0.15, 0.2) is 0 Å². The average molecular weight is 396 g/mol. The molecule has 2 aromatic carbocycles. The minimum atomic E-state index is -3.74. The van der Waals surface area contributed by atoms with Gasteiger partial charge in [0.1, 0.15) is 5.76 Å². The van der Waals surface area contributed by atoms with Gasteiger partial charge in [-0.15, -0.1) is 0 Å². The Morgan fingerprint density at radius 2 is 1.93 bits per heavy atom. The van der Waals surface area contributed by atoms with E-state index in [1.165, 1.54) is 21.3 Å². The van der Waals surface area contributed by atoms with Crippen LogP contribution in [0.2, 0.25) is 0 Å². The van der Waals surface area contributed by atoms with Crippen LogP contribution < -0.4 is 4.31 Å². The third kappa shape index (κ3) is 3.29. The number of nitrogens with zero attached hydrogens (tertiary/aromatic N) is 2. The molecule has 28 heavy (non-hydrogen) atoms. The molecular weight excluding hydrogens is 376 g/mol. The quantitative estimate of drug-likeness (QED) is 0.663. The number of para-hydroxylation sites is 1. The van der Waals surface area contributed by atoms with Gasteiger partial charge in [-0.2, -0.15) is 0 Å². The number of benzene rings is 2. The molecule has 1 aliphatic heterocycles. The summed E-state index contributed by atoms with van der Waals surface area (Å²) in [5.74, 6) is 0.392. The minimum Gasteiger partial charge on any atom is -0.467 e. The highest BCUT2D eigenvalue weighted by atomic mass is 32.2. The molecule has 0 aliphatic carbocycles. The Balaban J connectivity index is 1.61. The van der Waals surface area contributed by atoms with Crippen molar-refractivity contribution in [3.63, 3.8) is 0 Å². The van der Waals surface area contributed by atoms with Crippen molar-refractivity contribution in [1.29, 1.82) is 0 Å².